The van der Waals surface area contributed by atoms with Gasteiger partial charge in [0.2, 0.25) is 10.0 Å². The molecule has 0 heterocycles. The van der Waals surface area contributed by atoms with Gasteiger partial charge in [0.05, 0.1) is 5.75 Å². The van der Waals surface area contributed by atoms with E-state index in [4.69, 9.17) is 5.73 Å². The van der Waals surface area contributed by atoms with Crippen LogP contribution < -0.4 is 5.73 Å². The summed E-state index contributed by atoms with van der Waals surface area (Å²) in [5.41, 5.74) is 7.37. The molecule has 1 aromatic rings. The van der Waals surface area contributed by atoms with Crippen molar-refractivity contribution in [2.45, 2.75) is 45.7 Å². The number of sulfonamides is 1. The summed E-state index contributed by atoms with van der Waals surface area (Å²) in [6.45, 7) is 4.57. The van der Waals surface area contributed by atoms with Gasteiger partial charge in [-0.2, -0.15) is 4.31 Å². The molecule has 1 saturated carbocycles. The van der Waals surface area contributed by atoms with Crippen LogP contribution in [0, 0.1) is 5.92 Å². The Balaban J connectivity index is 2.08. The van der Waals surface area contributed by atoms with E-state index in [0.29, 0.717) is 24.6 Å². The van der Waals surface area contributed by atoms with Gasteiger partial charge < -0.3 is 5.73 Å². The van der Waals surface area contributed by atoms with Crippen molar-refractivity contribution in [2.75, 3.05) is 11.5 Å². The highest BCUT2D eigenvalue weighted by Crippen LogP contribution is 2.31. The third-order valence-electron chi connectivity index (χ3n) is 3.58. The van der Waals surface area contributed by atoms with Crippen molar-refractivity contribution in [2.24, 2.45) is 5.92 Å². The standard InChI is InChI=1S/C15H24N2O2S/c1-12(2)9-10-20(18,19)17(15-7-8-15)11-13-3-5-14(16)6-4-13/h3-6,12,15H,7-11,16H2,1-2H3. The van der Waals surface area contributed by atoms with Crippen LogP contribution in [0.4, 0.5) is 5.69 Å². The van der Waals surface area contributed by atoms with Crippen molar-refractivity contribution in [3.05, 3.63) is 29.8 Å². The van der Waals surface area contributed by atoms with Crippen molar-refractivity contribution >= 4 is 15.7 Å². The number of nitrogens with zero attached hydrogens (tertiary/aromatic N) is 1. The Bertz CT molecular complexity index is 533. The van der Waals surface area contributed by atoms with Crippen LogP contribution in [0.2, 0.25) is 0 Å². The lowest BCUT2D eigenvalue weighted by atomic mass is 10.2. The van der Waals surface area contributed by atoms with Crippen LogP contribution in [-0.2, 0) is 16.6 Å². The van der Waals surface area contributed by atoms with E-state index in [1.807, 2.05) is 24.3 Å². The fourth-order valence-corrected chi connectivity index (χ4v) is 4.14. The van der Waals surface area contributed by atoms with Gasteiger partial charge in [0.25, 0.3) is 0 Å². The fourth-order valence-electron chi connectivity index (χ4n) is 2.12. The topological polar surface area (TPSA) is 63.4 Å². The molecule has 0 atom stereocenters. The minimum atomic E-state index is -3.16. The van der Waals surface area contributed by atoms with Crippen LogP contribution in [0.15, 0.2) is 24.3 Å². The van der Waals surface area contributed by atoms with E-state index in [0.717, 1.165) is 18.4 Å². The summed E-state index contributed by atoms with van der Waals surface area (Å²) in [7, 11) is -3.16. The monoisotopic (exact) mass is 296 g/mol. The van der Waals surface area contributed by atoms with Crippen molar-refractivity contribution in [1.82, 2.24) is 4.31 Å². The van der Waals surface area contributed by atoms with E-state index in [1.165, 1.54) is 0 Å². The zero-order valence-corrected chi connectivity index (χ0v) is 13.1. The molecule has 112 valence electrons. The largest absolute Gasteiger partial charge is 0.399 e. The summed E-state index contributed by atoms with van der Waals surface area (Å²) in [6, 6.07) is 7.65. The zero-order valence-electron chi connectivity index (χ0n) is 12.2. The van der Waals surface area contributed by atoms with Gasteiger partial charge in [-0.05, 0) is 42.9 Å². The molecule has 2 N–H and O–H groups in total. The van der Waals surface area contributed by atoms with Crippen LogP contribution in [0.3, 0.4) is 0 Å². The number of nitrogen functional groups attached to an aromatic ring is 1. The molecule has 0 aliphatic heterocycles. The van der Waals surface area contributed by atoms with Gasteiger partial charge in [0.15, 0.2) is 0 Å². The smallest absolute Gasteiger partial charge is 0.214 e. The molecule has 20 heavy (non-hydrogen) atoms. The lowest BCUT2D eigenvalue weighted by Crippen LogP contribution is -2.34. The average Bonchev–Trinajstić information content (AvgIpc) is 3.20. The number of hydrogen-bond acceptors (Lipinski definition) is 3. The summed E-state index contributed by atoms with van der Waals surface area (Å²) >= 11 is 0. The molecule has 5 heteroatoms. The van der Waals surface area contributed by atoms with Crippen LogP contribution in [-0.4, -0.2) is 24.5 Å². The van der Waals surface area contributed by atoms with E-state index in [-0.39, 0.29) is 11.8 Å². The second kappa shape index (κ2) is 6.14. The molecule has 2 rings (SSSR count). The SMILES string of the molecule is CC(C)CCS(=O)(=O)N(Cc1ccc(N)cc1)C1CC1. The van der Waals surface area contributed by atoms with Crippen molar-refractivity contribution in [1.29, 1.82) is 0 Å². The predicted molar refractivity (Wildman–Crippen MR) is 82.7 cm³/mol. The maximum Gasteiger partial charge on any atom is 0.214 e. The number of nitrogens with two attached hydrogens (primary N) is 1. The highest BCUT2D eigenvalue weighted by molar-refractivity contribution is 7.89. The van der Waals surface area contributed by atoms with Gasteiger partial charge in [-0.25, -0.2) is 8.42 Å². The van der Waals surface area contributed by atoms with Crippen LogP contribution in [0.1, 0.15) is 38.7 Å². The van der Waals surface area contributed by atoms with Crippen molar-refractivity contribution in [3.63, 3.8) is 0 Å². The van der Waals surface area contributed by atoms with E-state index in [9.17, 15) is 8.42 Å². The van der Waals surface area contributed by atoms with E-state index < -0.39 is 10.0 Å². The first-order valence-corrected chi connectivity index (χ1v) is 8.83. The third kappa shape index (κ3) is 4.21. The Hall–Kier alpha value is -1.07. The van der Waals surface area contributed by atoms with E-state index in [1.54, 1.807) is 4.31 Å². The molecule has 0 spiro atoms. The molecule has 1 fully saturated rings. The first kappa shape index (κ1) is 15.3. The van der Waals surface area contributed by atoms with Crippen LogP contribution in [0.25, 0.3) is 0 Å². The van der Waals surface area contributed by atoms with Crippen LogP contribution >= 0.6 is 0 Å². The summed E-state index contributed by atoms with van der Waals surface area (Å²) in [5, 5.41) is 0. The minimum Gasteiger partial charge on any atom is -0.399 e. The summed E-state index contributed by atoms with van der Waals surface area (Å²) in [6.07, 6.45) is 2.68. The second-order valence-electron chi connectivity index (χ2n) is 6.02. The molecule has 0 aromatic heterocycles. The van der Waals surface area contributed by atoms with Gasteiger partial charge in [-0.3, -0.25) is 0 Å². The molecule has 4 nitrogen and oxygen atoms in total. The molecule has 0 radical (unpaired) electrons. The maximum absolute atomic E-state index is 12.5. The molecule has 0 amide bonds. The van der Waals surface area contributed by atoms with Gasteiger partial charge in [0.1, 0.15) is 0 Å². The minimum absolute atomic E-state index is 0.199. The molecular weight excluding hydrogens is 272 g/mol. The Labute approximate surface area is 122 Å². The normalized spacial score (nSPS) is 16.0. The molecule has 1 aromatic carbocycles. The Kier molecular flexibility index (Phi) is 4.70. The second-order valence-corrected chi connectivity index (χ2v) is 8.06. The maximum atomic E-state index is 12.5. The summed E-state index contributed by atoms with van der Waals surface area (Å²) in [4.78, 5) is 0. The lowest BCUT2D eigenvalue weighted by Gasteiger charge is -2.22. The van der Waals surface area contributed by atoms with Gasteiger partial charge >= 0.3 is 0 Å². The molecule has 0 unspecified atom stereocenters. The summed E-state index contributed by atoms with van der Waals surface area (Å²) in [5.74, 6) is 0.651. The lowest BCUT2D eigenvalue weighted by molar-refractivity contribution is 0.396. The van der Waals surface area contributed by atoms with Crippen molar-refractivity contribution < 1.29 is 8.42 Å². The first-order chi connectivity index (χ1) is 9.38. The Morgan fingerprint density at radius 1 is 1.25 bits per heavy atom. The summed E-state index contributed by atoms with van der Waals surface area (Å²) < 4.78 is 26.7. The van der Waals surface area contributed by atoms with Gasteiger partial charge in [-0.15, -0.1) is 0 Å². The number of rotatable bonds is 7. The zero-order chi connectivity index (χ0) is 14.8. The van der Waals surface area contributed by atoms with Crippen molar-refractivity contribution in [3.8, 4) is 0 Å². The Morgan fingerprint density at radius 3 is 2.35 bits per heavy atom. The highest BCUT2D eigenvalue weighted by atomic mass is 32.2. The highest BCUT2D eigenvalue weighted by Gasteiger charge is 2.36. The molecule has 0 bridgehead atoms. The molecule has 1 aliphatic rings. The number of hydrogen-bond donors (Lipinski definition) is 1. The fraction of sp³-hybridized carbons (Fsp3) is 0.600. The molecular formula is C15H24N2O2S. The number of anilines is 1. The molecule has 1 aliphatic carbocycles. The molecule has 0 saturated heterocycles. The first-order valence-electron chi connectivity index (χ1n) is 7.22. The van der Waals surface area contributed by atoms with Gasteiger partial charge in [0, 0.05) is 18.3 Å². The third-order valence-corrected chi connectivity index (χ3v) is 5.48. The predicted octanol–water partition coefficient (Wildman–Crippen LogP) is 2.61. The average molecular weight is 296 g/mol. The van der Waals surface area contributed by atoms with E-state index >= 15 is 0 Å². The number of benzene rings is 1. The van der Waals surface area contributed by atoms with Gasteiger partial charge in [-0.1, -0.05) is 26.0 Å². The quantitative estimate of drug-likeness (QED) is 0.787. The van der Waals surface area contributed by atoms with Crippen LogP contribution in [0.5, 0.6) is 0 Å². The van der Waals surface area contributed by atoms with E-state index in [2.05, 4.69) is 13.8 Å². The Morgan fingerprint density at radius 2 is 1.85 bits per heavy atom.